The Balaban J connectivity index is 1.58. The third kappa shape index (κ3) is 3.14. The van der Waals surface area contributed by atoms with E-state index in [1.165, 1.54) is 4.90 Å². The van der Waals surface area contributed by atoms with Crippen molar-refractivity contribution in [2.75, 3.05) is 5.75 Å². The van der Waals surface area contributed by atoms with Crippen LogP contribution in [0.15, 0.2) is 53.7 Å². The molecule has 0 saturated heterocycles. The minimum Gasteiger partial charge on any atom is -0.347 e. The molecule has 1 aliphatic rings. The lowest BCUT2D eigenvalue weighted by atomic mass is 10.0. The molecule has 4 nitrogen and oxygen atoms in total. The average Bonchev–Trinajstić information content (AvgIpc) is 3.05. The molecule has 3 aromatic rings. The van der Waals surface area contributed by atoms with Crippen LogP contribution >= 0.6 is 23.4 Å². The van der Waals surface area contributed by atoms with Gasteiger partial charge in [0.25, 0.3) is 0 Å². The van der Waals surface area contributed by atoms with E-state index >= 15 is 0 Å². The van der Waals surface area contributed by atoms with E-state index in [1.807, 2.05) is 65.7 Å². The number of carbonyl (C=O) groups is 1. The number of rotatable bonds is 3. The lowest BCUT2D eigenvalue weighted by molar-refractivity contribution is -0.124. The van der Waals surface area contributed by atoms with E-state index in [-0.39, 0.29) is 18.0 Å². The van der Waals surface area contributed by atoms with Gasteiger partial charge in [0.05, 0.1) is 23.4 Å². The Morgan fingerprint density at radius 2 is 2.20 bits per heavy atom. The molecule has 2 atom stereocenters. The second-order valence-corrected chi connectivity index (χ2v) is 7.77. The van der Waals surface area contributed by atoms with Crippen LogP contribution < -0.4 is 5.32 Å². The highest BCUT2D eigenvalue weighted by atomic mass is 35.5. The molecule has 0 saturated carbocycles. The van der Waals surface area contributed by atoms with Crippen molar-refractivity contribution in [3.63, 3.8) is 0 Å². The van der Waals surface area contributed by atoms with Gasteiger partial charge in [-0.25, -0.2) is 4.98 Å². The zero-order valence-electron chi connectivity index (χ0n) is 13.8. The highest BCUT2D eigenvalue weighted by Crippen LogP contribution is 2.37. The molecule has 4 rings (SSSR count). The molecule has 25 heavy (non-hydrogen) atoms. The van der Waals surface area contributed by atoms with Crippen LogP contribution in [0, 0.1) is 0 Å². The summed E-state index contributed by atoms with van der Waals surface area (Å²) in [5.74, 6) is 0.980. The normalized spacial score (nSPS) is 17.9. The second kappa shape index (κ2) is 6.73. The summed E-state index contributed by atoms with van der Waals surface area (Å²) in [6, 6.07) is 13.4. The summed E-state index contributed by atoms with van der Waals surface area (Å²) in [4.78, 5) is 18.4. The van der Waals surface area contributed by atoms with Crippen molar-refractivity contribution in [1.29, 1.82) is 0 Å². The maximum atomic E-state index is 12.8. The fourth-order valence-electron chi connectivity index (χ4n) is 3.22. The summed E-state index contributed by atoms with van der Waals surface area (Å²) in [7, 11) is 0. The number of thioether (sulfide) groups is 1. The zero-order valence-corrected chi connectivity index (χ0v) is 15.3. The van der Waals surface area contributed by atoms with Gasteiger partial charge in [0.2, 0.25) is 5.91 Å². The van der Waals surface area contributed by atoms with Crippen LogP contribution in [0.25, 0.3) is 11.0 Å². The molecule has 0 spiro atoms. The van der Waals surface area contributed by atoms with Crippen LogP contribution in [0.5, 0.6) is 0 Å². The first kappa shape index (κ1) is 16.5. The second-order valence-electron chi connectivity index (χ2n) is 6.20. The molecule has 0 bridgehead atoms. The Morgan fingerprint density at radius 3 is 3.08 bits per heavy atom. The van der Waals surface area contributed by atoms with Crippen molar-refractivity contribution in [1.82, 2.24) is 14.9 Å². The molecule has 2 aromatic carbocycles. The van der Waals surface area contributed by atoms with Gasteiger partial charge >= 0.3 is 0 Å². The van der Waals surface area contributed by atoms with E-state index in [1.54, 1.807) is 6.33 Å². The molecule has 1 aromatic heterocycles. The van der Waals surface area contributed by atoms with E-state index < -0.39 is 0 Å². The van der Waals surface area contributed by atoms with Gasteiger partial charge in [-0.15, -0.1) is 11.8 Å². The summed E-state index contributed by atoms with van der Waals surface area (Å²) in [6.45, 7) is 1.90. The van der Waals surface area contributed by atoms with E-state index in [9.17, 15) is 4.79 Å². The summed E-state index contributed by atoms with van der Waals surface area (Å²) < 4.78 is 1.92. The predicted molar refractivity (Wildman–Crippen MR) is 102 cm³/mol. The summed E-state index contributed by atoms with van der Waals surface area (Å²) in [6.07, 6.45) is 2.64. The number of carbonyl (C=O) groups excluding carboxylic acids is 1. The fraction of sp³-hybridized carbons (Fsp3) is 0.263. The van der Waals surface area contributed by atoms with Crippen LogP contribution in [0.4, 0.5) is 0 Å². The number of para-hydroxylation sites is 2. The van der Waals surface area contributed by atoms with Gasteiger partial charge in [-0.2, -0.15) is 0 Å². The Kier molecular flexibility index (Phi) is 4.44. The van der Waals surface area contributed by atoms with Gasteiger partial charge < -0.3 is 9.88 Å². The lowest BCUT2D eigenvalue weighted by Crippen LogP contribution is -2.35. The van der Waals surface area contributed by atoms with E-state index in [2.05, 4.69) is 10.3 Å². The van der Waals surface area contributed by atoms with Crippen molar-refractivity contribution in [2.24, 2.45) is 0 Å². The zero-order chi connectivity index (χ0) is 17.4. The monoisotopic (exact) mass is 371 g/mol. The third-order valence-electron chi connectivity index (χ3n) is 4.61. The minimum absolute atomic E-state index is 0.000291. The maximum Gasteiger partial charge on any atom is 0.243 e. The van der Waals surface area contributed by atoms with E-state index in [4.69, 9.17) is 11.6 Å². The van der Waals surface area contributed by atoms with E-state index in [0.717, 1.165) is 28.8 Å². The standard InChI is InChI=1S/C19H18ClN3OS/c1-12(23-11-21-16-4-2-3-5-17(16)23)19(24)22-15-8-9-25-18-7-6-13(20)10-14(15)18/h2-7,10-12,15H,8-9H2,1H3,(H,22,24)/t12-,15-/m0/s1. The molecular formula is C19H18ClN3OS. The number of amides is 1. The Hall–Kier alpha value is -1.98. The molecule has 1 amide bonds. The molecule has 2 heterocycles. The summed E-state index contributed by atoms with van der Waals surface area (Å²) >= 11 is 7.96. The Morgan fingerprint density at radius 1 is 1.36 bits per heavy atom. The summed E-state index contributed by atoms with van der Waals surface area (Å²) in [5.41, 5.74) is 2.97. The molecule has 0 fully saturated rings. The number of aromatic nitrogens is 2. The highest BCUT2D eigenvalue weighted by molar-refractivity contribution is 7.99. The number of hydrogen-bond acceptors (Lipinski definition) is 3. The first-order chi connectivity index (χ1) is 12.1. The van der Waals surface area contributed by atoms with Crippen molar-refractivity contribution in [3.05, 3.63) is 59.4 Å². The van der Waals surface area contributed by atoms with Gasteiger partial charge in [0.1, 0.15) is 6.04 Å². The predicted octanol–water partition coefficient (Wildman–Crippen LogP) is 4.60. The number of nitrogens with one attached hydrogen (secondary N) is 1. The van der Waals surface area contributed by atoms with Crippen molar-refractivity contribution in [2.45, 2.75) is 30.3 Å². The smallest absolute Gasteiger partial charge is 0.243 e. The number of halogens is 1. The van der Waals surface area contributed by atoms with Gasteiger partial charge in [0.15, 0.2) is 0 Å². The molecule has 6 heteroatoms. The molecule has 0 unspecified atom stereocenters. The number of hydrogen-bond donors (Lipinski definition) is 1. The van der Waals surface area contributed by atoms with Gasteiger partial charge in [-0.1, -0.05) is 23.7 Å². The highest BCUT2D eigenvalue weighted by Gasteiger charge is 2.25. The number of imidazole rings is 1. The van der Waals surface area contributed by atoms with Crippen LogP contribution in [0.3, 0.4) is 0 Å². The first-order valence-corrected chi connectivity index (χ1v) is 9.64. The Labute approximate surface area is 155 Å². The van der Waals surface area contributed by atoms with Gasteiger partial charge in [-0.3, -0.25) is 4.79 Å². The average molecular weight is 372 g/mol. The molecule has 1 aliphatic heterocycles. The van der Waals surface area contributed by atoms with Crippen LogP contribution in [0.1, 0.15) is 31.0 Å². The number of nitrogens with zero attached hydrogens (tertiary/aromatic N) is 2. The minimum atomic E-state index is -0.329. The molecule has 0 radical (unpaired) electrons. The van der Waals surface area contributed by atoms with Crippen molar-refractivity contribution in [3.8, 4) is 0 Å². The molecule has 128 valence electrons. The van der Waals surface area contributed by atoms with Crippen molar-refractivity contribution < 1.29 is 4.79 Å². The van der Waals surface area contributed by atoms with Gasteiger partial charge in [-0.05, 0) is 49.2 Å². The van der Waals surface area contributed by atoms with Crippen LogP contribution in [-0.4, -0.2) is 21.2 Å². The fourth-order valence-corrected chi connectivity index (χ4v) is 4.51. The largest absolute Gasteiger partial charge is 0.347 e. The van der Waals surface area contributed by atoms with Crippen LogP contribution in [0.2, 0.25) is 5.02 Å². The van der Waals surface area contributed by atoms with Crippen LogP contribution in [-0.2, 0) is 4.79 Å². The maximum absolute atomic E-state index is 12.8. The Bertz CT molecular complexity index is 939. The van der Waals surface area contributed by atoms with E-state index in [0.29, 0.717) is 5.02 Å². The molecule has 1 N–H and O–H groups in total. The molecule has 0 aliphatic carbocycles. The molecular weight excluding hydrogens is 354 g/mol. The lowest BCUT2D eigenvalue weighted by Gasteiger charge is -2.27. The van der Waals surface area contributed by atoms with Gasteiger partial charge in [0, 0.05) is 15.7 Å². The number of benzene rings is 2. The SMILES string of the molecule is C[C@@H](C(=O)N[C@H]1CCSc2ccc(Cl)cc21)n1cnc2ccccc21. The first-order valence-electron chi connectivity index (χ1n) is 8.27. The quantitative estimate of drug-likeness (QED) is 0.731. The summed E-state index contributed by atoms with van der Waals surface area (Å²) in [5, 5.41) is 3.90. The topological polar surface area (TPSA) is 46.9 Å². The third-order valence-corrected chi connectivity index (χ3v) is 5.96. The number of fused-ring (bicyclic) bond motifs is 2. The van der Waals surface area contributed by atoms with Crippen molar-refractivity contribution >= 4 is 40.3 Å².